The molecular formula is C18H29N3O. The van der Waals surface area contributed by atoms with Crippen molar-refractivity contribution in [3.8, 4) is 0 Å². The highest BCUT2D eigenvalue weighted by Crippen LogP contribution is 2.11. The van der Waals surface area contributed by atoms with E-state index in [-0.39, 0.29) is 5.56 Å². The van der Waals surface area contributed by atoms with Crippen LogP contribution in [0.25, 0.3) is 11.0 Å². The second-order valence-corrected chi connectivity index (χ2v) is 6.31. The minimum atomic E-state index is 0.0924. The summed E-state index contributed by atoms with van der Waals surface area (Å²) in [6.45, 7) is 6.91. The number of aryl methyl sites for hydroxylation is 2. The zero-order chi connectivity index (χ0) is 15.9. The SMILES string of the molecule is CCCCCCCCCCn1c(C)nc2[nH]c(C)cc2c1=O. The monoisotopic (exact) mass is 303 g/mol. The predicted molar refractivity (Wildman–Crippen MR) is 92.4 cm³/mol. The maximum atomic E-state index is 12.5. The first-order valence-electron chi connectivity index (χ1n) is 8.70. The van der Waals surface area contributed by atoms with Crippen LogP contribution in [-0.4, -0.2) is 14.5 Å². The Morgan fingerprint density at radius 2 is 1.68 bits per heavy atom. The Labute approximate surface area is 133 Å². The summed E-state index contributed by atoms with van der Waals surface area (Å²) in [6, 6.07) is 1.90. The summed E-state index contributed by atoms with van der Waals surface area (Å²) in [5, 5.41) is 0.711. The number of fused-ring (bicyclic) bond motifs is 1. The Kier molecular flexibility index (Phi) is 6.22. The van der Waals surface area contributed by atoms with Gasteiger partial charge in [0.2, 0.25) is 0 Å². The first-order chi connectivity index (χ1) is 10.6. The van der Waals surface area contributed by atoms with E-state index in [2.05, 4.69) is 16.9 Å². The molecule has 0 aliphatic heterocycles. The lowest BCUT2D eigenvalue weighted by Gasteiger charge is -2.09. The molecule has 2 aromatic rings. The third-order valence-corrected chi connectivity index (χ3v) is 4.31. The molecule has 0 fully saturated rings. The van der Waals surface area contributed by atoms with Gasteiger partial charge in [-0.25, -0.2) is 4.98 Å². The maximum absolute atomic E-state index is 12.5. The van der Waals surface area contributed by atoms with E-state index in [9.17, 15) is 4.79 Å². The Bertz CT molecular complexity index is 654. The van der Waals surface area contributed by atoms with Crippen LogP contribution in [0.4, 0.5) is 0 Å². The van der Waals surface area contributed by atoms with Crippen LogP contribution in [0.2, 0.25) is 0 Å². The average Bonchev–Trinajstić information content (AvgIpc) is 2.85. The van der Waals surface area contributed by atoms with Crippen molar-refractivity contribution in [1.29, 1.82) is 0 Å². The molecule has 22 heavy (non-hydrogen) atoms. The van der Waals surface area contributed by atoms with E-state index in [1.807, 2.05) is 24.5 Å². The quantitative estimate of drug-likeness (QED) is 0.694. The summed E-state index contributed by atoms with van der Waals surface area (Å²) in [7, 11) is 0. The lowest BCUT2D eigenvalue weighted by atomic mass is 10.1. The summed E-state index contributed by atoms with van der Waals surface area (Å²) in [5.41, 5.74) is 1.80. The van der Waals surface area contributed by atoms with E-state index in [1.54, 1.807) is 0 Å². The molecule has 0 saturated heterocycles. The summed E-state index contributed by atoms with van der Waals surface area (Å²) in [5.74, 6) is 0.808. The van der Waals surface area contributed by atoms with E-state index in [4.69, 9.17) is 0 Å². The summed E-state index contributed by atoms with van der Waals surface area (Å²) in [6.07, 6.45) is 10.2. The van der Waals surface area contributed by atoms with Crippen molar-refractivity contribution in [2.45, 2.75) is 78.7 Å². The van der Waals surface area contributed by atoms with Crippen LogP contribution in [-0.2, 0) is 6.54 Å². The fourth-order valence-corrected chi connectivity index (χ4v) is 3.01. The van der Waals surface area contributed by atoms with Crippen molar-refractivity contribution >= 4 is 11.0 Å². The van der Waals surface area contributed by atoms with Gasteiger partial charge >= 0.3 is 0 Å². The number of aromatic amines is 1. The molecule has 0 unspecified atom stereocenters. The maximum Gasteiger partial charge on any atom is 0.263 e. The van der Waals surface area contributed by atoms with E-state index < -0.39 is 0 Å². The van der Waals surface area contributed by atoms with Gasteiger partial charge < -0.3 is 4.98 Å². The number of nitrogens with zero attached hydrogens (tertiary/aromatic N) is 2. The number of nitrogens with one attached hydrogen (secondary N) is 1. The van der Waals surface area contributed by atoms with E-state index >= 15 is 0 Å². The number of hydrogen-bond acceptors (Lipinski definition) is 2. The molecule has 0 atom stereocenters. The Balaban J connectivity index is 1.85. The zero-order valence-electron chi connectivity index (χ0n) is 14.2. The molecule has 0 spiro atoms. The van der Waals surface area contributed by atoms with Crippen molar-refractivity contribution < 1.29 is 0 Å². The number of H-pyrrole nitrogens is 1. The fourth-order valence-electron chi connectivity index (χ4n) is 3.01. The molecule has 122 valence electrons. The third kappa shape index (κ3) is 4.21. The molecule has 2 aromatic heterocycles. The minimum Gasteiger partial charge on any atom is -0.343 e. The third-order valence-electron chi connectivity index (χ3n) is 4.31. The van der Waals surface area contributed by atoms with Crippen molar-refractivity contribution in [2.24, 2.45) is 0 Å². The average molecular weight is 303 g/mol. The van der Waals surface area contributed by atoms with Gasteiger partial charge in [-0.1, -0.05) is 51.9 Å². The van der Waals surface area contributed by atoms with Gasteiger partial charge in [-0.3, -0.25) is 9.36 Å². The normalized spacial score (nSPS) is 11.4. The molecule has 4 heteroatoms. The molecule has 2 rings (SSSR count). The van der Waals surface area contributed by atoms with Crippen LogP contribution in [0.3, 0.4) is 0 Å². The molecule has 0 amide bonds. The van der Waals surface area contributed by atoms with E-state index in [1.165, 1.54) is 44.9 Å². The number of rotatable bonds is 9. The standard InChI is InChI=1S/C18H29N3O/c1-4-5-6-7-8-9-10-11-12-21-15(3)20-17-16(18(21)22)13-14(2)19-17/h13,19H,4-12H2,1-3H3. The molecule has 4 nitrogen and oxygen atoms in total. The smallest absolute Gasteiger partial charge is 0.263 e. The Morgan fingerprint density at radius 1 is 1.05 bits per heavy atom. The first-order valence-corrected chi connectivity index (χ1v) is 8.70. The van der Waals surface area contributed by atoms with Gasteiger partial charge in [-0.05, 0) is 26.3 Å². The highest BCUT2D eigenvalue weighted by atomic mass is 16.1. The van der Waals surface area contributed by atoms with Gasteiger partial charge in [0, 0.05) is 12.2 Å². The zero-order valence-corrected chi connectivity index (χ0v) is 14.2. The van der Waals surface area contributed by atoms with Gasteiger partial charge in [0.25, 0.3) is 5.56 Å². The first kappa shape index (κ1) is 16.8. The molecule has 0 saturated carbocycles. The van der Waals surface area contributed by atoms with Crippen LogP contribution in [0.15, 0.2) is 10.9 Å². The topological polar surface area (TPSA) is 50.7 Å². The molecular weight excluding hydrogens is 274 g/mol. The Hall–Kier alpha value is -1.58. The van der Waals surface area contributed by atoms with Crippen molar-refractivity contribution in [3.63, 3.8) is 0 Å². The summed E-state index contributed by atoms with van der Waals surface area (Å²) < 4.78 is 1.83. The van der Waals surface area contributed by atoms with E-state index in [0.29, 0.717) is 11.0 Å². The largest absolute Gasteiger partial charge is 0.343 e. The highest BCUT2D eigenvalue weighted by Gasteiger charge is 2.09. The van der Waals surface area contributed by atoms with Gasteiger partial charge in [-0.15, -0.1) is 0 Å². The van der Waals surface area contributed by atoms with Gasteiger partial charge in [-0.2, -0.15) is 0 Å². The lowest BCUT2D eigenvalue weighted by molar-refractivity contribution is 0.529. The minimum absolute atomic E-state index is 0.0924. The van der Waals surface area contributed by atoms with Crippen LogP contribution in [0.1, 0.15) is 69.8 Å². The van der Waals surface area contributed by atoms with Crippen molar-refractivity contribution in [2.75, 3.05) is 0 Å². The number of aromatic nitrogens is 3. The number of hydrogen-bond donors (Lipinski definition) is 1. The van der Waals surface area contributed by atoms with Crippen molar-refractivity contribution in [3.05, 3.63) is 27.9 Å². The van der Waals surface area contributed by atoms with E-state index in [0.717, 1.165) is 24.5 Å². The fraction of sp³-hybridized carbons (Fsp3) is 0.667. The second-order valence-electron chi connectivity index (χ2n) is 6.31. The molecule has 0 radical (unpaired) electrons. The Morgan fingerprint density at radius 3 is 2.36 bits per heavy atom. The predicted octanol–water partition coefficient (Wildman–Crippen LogP) is 4.48. The molecule has 0 aliphatic rings. The van der Waals surface area contributed by atoms with Crippen LogP contribution < -0.4 is 5.56 Å². The molecule has 0 bridgehead atoms. The highest BCUT2D eigenvalue weighted by molar-refractivity contribution is 5.75. The van der Waals surface area contributed by atoms with Gasteiger partial charge in [0.1, 0.15) is 11.5 Å². The second kappa shape index (κ2) is 8.16. The lowest BCUT2D eigenvalue weighted by Crippen LogP contribution is -2.23. The van der Waals surface area contributed by atoms with Crippen LogP contribution in [0.5, 0.6) is 0 Å². The summed E-state index contributed by atoms with van der Waals surface area (Å²) >= 11 is 0. The van der Waals surface area contributed by atoms with Crippen LogP contribution in [0, 0.1) is 13.8 Å². The van der Waals surface area contributed by atoms with Gasteiger partial charge in [0.15, 0.2) is 0 Å². The van der Waals surface area contributed by atoms with Crippen molar-refractivity contribution in [1.82, 2.24) is 14.5 Å². The van der Waals surface area contributed by atoms with Gasteiger partial charge in [0.05, 0.1) is 5.39 Å². The molecule has 2 heterocycles. The molecule has 1 N–H and O–H groups in total. The molecule has 0 aromatic carbocycles. The van der Waals surface area contributed by atoms with Crippen LogP contribution >= 0.6 is 0 Å². The molecule has 0 aliphatic carbocycles. The number of unbranched alkanes of at least 4 members (excludes halogenated alkanes) is 7. The summed E-state index contributed by atoms with van der Waals surface area (Å²) in [4.78, 5) is 20.2.